The molecule has 0 spiro atoms. The Morgan fingerprint density at radius 3 is 2.25 bits per heavy atom. The van der Waals surface area contributed by atoms with Gasteiger partial charge in [0.2, 0.25) is 0 Å². The topological polar surface area (TPSA) is 127 Å². The summed E-state index contributed by atoms with van der Waals surface area (Å²) in [5.74, 6) is -3.14. The summed E-state index contributed by atoms with van der Waals surface area (Å²) >= 11 is 0. The zero-order valence-corrected chi connectivity index (χ0v) is 14.4. The summed E-state index contributed by atoms with van der Waals surface area (Å²) in [6, 6.07) is 13.7. The highest BCUT2D eigenvalue weighted by molar-refractivity contribution is 5.89. The van der Waals surface area contributed by atoms with Crippen LogP contribution in [0.2, 0.25) is 0 Å². The summed E-state index contributed by atoms with van der Waals surface area (Å²) in [5, 5.41) is 44.6. The van der Waals surface area contributed by atoms with Crippen molar-refractivity contribution in [2.45, 2.75) is 11.7 Å². The van der Waals surface area contributed by atoms with Gasteiger partial charge in [-0.25, -0.2) is 0 Å². The lowest BCUT2D eigenvalue weighted by molar-refractivity contribution is -0.385. The lowest BCUT2D eigenvalue weighted by Gasteiger charge is -2.34. The van der Waals surface area contributed by atoms with Crippen molar-refractivity contribution in [1.29, 1.82) is 0 Å². The number of fused-ring (bicyclic) bond motifs is 2. The number of nitro benzene ring substituents is 2. The Morgan fingerprint density at radius 2 is 1.54 bits per heavy atom. The predicted octanol–water partition coefficient (Wildman–Crippen LogP) is 3.50. The molecule has 1 atom stereocenters. The molecule has 1 aliphatic carbocycles. The monoisotopic (exact) mass is 378 g/mol. The fourth-order valence-electron chi connectivity index (χ4n) is 3.68. The standard InChI is InChI=1S/C20H14N2O6/c23-20(24)9-8-13-11-15(22(27)28)5-7-17(13)19(20)18-3-1-2-12-10-14(21(25)26)4-6-16(12)18/h1-11,19,23-24H. The van der Waals surface area contributed by atoms with Gasteiger partial charge in [0.15, 0.2) is 5.79 Å². The molecule has 0 bridgehead atoms. The van der Waals surface area contributed by atoms with E-state index in [-0.39, 0.29) is 11.4 Å². The summed E-state index contributed by atoms with van der Waals surface area (Å²) in [5.41, 5.74) is 1.42. The van der Waals surface area contributed by atoms with E-state index < -0.39 is 21.6 Å². The normalized spacial score (nSPS) is 17.3. The average Bonchev–Trinajstić information content (AvgIpc) is 2.66. The number of aliphatic hydroxyl groups is 2. The van der Waals surface area contributed by atoms with Crippen molar-refractivity contribution < 1.29 is 20.1 Å². The molecule has 28 heavy (non-hydrogen) atoms. The van der Waals surface area contributed by atoms with Gasteiger partial charge in [-0.15, -0.1) is 0 Å². The number of hydrogen-bond donors (Lipinski definition) is 2. The smallest absolute Gasteiger partial charge is 0.270 e. The number of nitrogens with zero attached hydrogens (tertiary/aromatic N) is 2. The molecule has 0 fully saturated rings. The minimum atomic E-state index is -2.22. The maximum absolute atomic E-state index is 11.1. The quantitative estimate of drug-likeness (QED) is 0.408. The molecule has 1 unspecified atom stereocenters. The Balaban J connectivity index is 1.94. The first kappa shape index (κ1) is 17.8. The second-order valence-electron chi connectivity index (χ2n) is 6.63. The van der Waals surface area contributed by atoms with Crippen LogP contribution in [0.15, 0.2) is 60.7 Å². The molecule has 0 radical (unpaired) electrons. The van der Waals surface area contributed by atoms with Crippen LogP contribution in [0.1, 0.15) is 22.6 Å². The minimum absolute atomic E-state index is 0.0662. The van der Waals surface area contributed by atoms with Gasteiger partial charge in [-0.3, -0.25) is 20.2 Å². The largest absolute Gasteiger partial charge is 0.362 e. The summed E-state index contributed by atoms with van der Waals surface area (Å²) in [7, 11) is 0. The molecule has 0 aliphatic heterocycles. The molecule has 2 N–H and O–H groups in total. The SMILES string of the molecule is O=[N+]([O-])c1ccc2c(c1)C=CC(O)(O)C2c1cccc2cc([N+](=O)[O-])ccc12. The molecule has 0 aromatic heterocycles. The van der Waals surface area contributed by atoms with Gasteiger partial charge in [0.05, 0.1) is 15.8 Å². The van der Waals surface area contributed by atoms with E-state index in [0.29, 0.717) is 27.5 Å². The number of nitro groups is 2. The molecule has 140 valence electrons. The Kier molecular flexibility index (Phi) is 3.95. The third-order valence-electron chi connectivity index (χ3n) is 4.94. The first-order valence-corrected chi connectivity index (χ1v) is 8.37. The van der Waals surface area contributed by atoms with E-state index in [0.717, 1.165) is 0 Å². The molecule has 8 nitrogen and oxygen atoms in total. The third-order valence-corrected chi connectivity index (χ3v) is 4.94. The molecule has 4 rings (SSSR count). The van der Waals surface area contributed by atoms with Crippen molar-refractivity contribution in [3.63, 3.8) is 0 Å². The molecule has 8 heteroatoms. The molecule has 1 aliphatic rings. The van der Waals surface area contributed by atoms with Gasteiger partial charge in [0.1, 0.15) is 0 Å². The molecule has 0 heterocycles. The van der Waals surface area contributed by atoms with E-state index in [2.05, 4.69) is 0 Å². The molecular formula is C20H14N2O6. The van der Waals surface area contributed by atoms with Gasteiger partial charge in [0, 0.05) is 24.3 Å². The number of non-ortho nitro benzene ring substituents is 2. The van der Waals surface area contributed by atoms with Crippen LogP contribution in [-0.4, -0.2) is 25.8 Å². The van der Waals surface area contributed by atoms with Crippen LogP contribution >= 0.6 is 0 Å². The van der Waals surface area contributed by atoms with E-state index in [1.807, 2.05) is 0 Å². The first-order valence-electron chi connectivity index (χ1n) is 8.37. The van der Waals surface area contributed by atoms with E-state index >= 15 is 0 Å². The molecule has 0 saturated heterocycles. The van der Waals surface area contributed by atoms with Crippen molar-refractivity contribution in [2.75, 3.05) is 0 Å². The highest BCUT2D eigenvalue weighted by atomic mass is 16.6. The van der Waals surface area contributed by atoms with Gasteiger partial charge in [-0.1, -0.05) is 30.3 Å². The predicted molar refractivity (Wildman–Crippen MR) is 102 cm³/mol. The summed E-state index contributed by atoms with van der Waals surface area (Å²) in [4.78, 5) is 21.1. The maximum Gasteiger partial charge on any atom is 0.270 e. The first-order chi connectivity index (χ1) is 13.3. The fraction of sp³-hybridized carbons (Fsp3) is 0.100. The maximum atomic E-state index is 11.1. The van der Waals surface area contributed by atoms with Gasteiger partial charge in [-0.2, -0.15) is 0 Å². The third kappa shape index (κ3) is 2.81. The van der Waals surface area contributed by atoms with Gasteiger partial charge in [-0.05, 0) is 39.6 Å². The van der Waals surface area contributed by atoms with Crippen molar-refractivity contribution in [3.8, 4) is 0 Å². The molecule has 0 amide bonds. The van der Waals surface area contributed by atoms with Crippen molar-refractivity contribution in [1.82, 2.24) is 0 Å². The van der Waals surface area contributed by atoms with E-state index in [1.165, 1.54) is 42.5 Å². The number of hydrogen-bond acceptors (Lipinski definition) is 6. The van der Waals surface area contributed by atoms with Crippen LogP contribution in [0.3, 0.4) is 0 Å². The fourth-order valence-corrected chi connectivity index (χ4v) is 3.68. The van der Waals surface area contributed by atoms with E-state index in [1.54, 1.807) is 24.3 Å². The number of rotatable bonds is 3. The molecule has 3 aromatic rings. The van der Waals surface area contributed by atoms with Crippen LogP contribution in [0.25, 0.3) is 16.8 Å². The van der Waals surface area contributed by atoms with Gasteiger partial charge < -0.3 is 10.2 Å². The molecule has 0 saturated carbocycles. The van der Waals surface area contributed by atoms with Crippen molar-refractivity contribution >= 4 is 28.2 Å². The Hall–Kier alpha value is -3.62. The van der Waals surface area contributed by atoms with Crippen LogP contribution in [0.4, 0.5) is 11.4 Å². The lowest BCUT2D eigenvalue weighted by atomic mass is 9.76. The second kappa shape index (κ2) is 6.22. The van der Waals surface area contributed by atoms with Crippen LogP contribution in [-0.2, 0) is 0 Å². The van der Waals surface area contributed by atoms with Crippen LogP contribution in [0.5, 0.6) is 0 Å². The zero-order valence-electron chi connectivity index (χ0n) is 14.4. The summed E-state index contributed by atoms with van der Waals surface area (Å²) in [6.45, 7) is 0. The van der Waals surface area contributed by atoms with Gasteiger partial charge in [0.25, 0.3) is 11.4 Å². The number of benzene rings is 3. The average molecular weight is 378 g/mol. The van der Waals surface area contributed by atoms with Crippen LogP contribution < -0.4 is 0 Å². The summed E-state index contributed by atoms with van der Waals surface area (Å²) < 4.78 is 0. The van der Waals surface area contributed by atoms with Crippen LogP contribution in [0, 0.1) is 20.2 Å². The van der Waals surface area contributed by atoms with E-state index in [4.69, 9.17) is 0 Å². The van der Waals surface area contributed by atoms with E-state index in [9.17, 15) is 30.4 Å². The van der Waals surface area contributed by atoms with Crippen molar-refractivity contribution in [2.24, 2.45) is 0 Å². The summed E-state index contributed by atoms with van der Waals surface area (Å²) in [6.07, 6.45) is 2.63. The Bertz CT molecular complexity index is 1170. The van der Waals surface area contributed by atoms with Crippen molar-refractivity contribution in [3.05, 3.63) is 97.6 Å². The lowest BCUT2D eigenvalue weighted by Crippen LogP contribution is -2.36. The zero-order chi connectivity index (χ0) is 20.1. The second-order valence-corrected chi connectivity index (χ2v) is 6.63. The minimum Gasteiger partial charge on any atom is -0.362 e. The Labute approximate surface area is 158 Å². The van der Waals surface area contributed by atoms with Gasteiger partial charge >= 0.3 is 0 Å². The molecular weight excluding hydrogens is 364 g/mol. The highest BCUT2D eigenvalue weighted by Crippen LogP contribution is 2.43. The molecule has 3 aromatic carbocycles. The highest BCUT2D eigenvalue weighted by Gasteiger charge is 2.39. The Morgan fingerprint density at radius 1 is 0.857 bits per heavy atom.